The lowest BCUT2D eigenvalue weighted by molar-refractivity contribution is -0.139. The van der Waals surface area contributed by atoms with E-state index in [4.69, 9.17) is 4.42 Å². The van der Waals surface area contributed by atoms with Gasteiger partial charge in [-0.3, -0.25) is 4.79 Å². The molecule has 0 aliphatic carbocycles. The lowest BCUT2D eigenvalue weighted by Crippen LogP contribution is -2.30. The van der Waals surface area contributed by atoms with Gasteiger partial charge in [-0.25, -0.2) is 0 Å². The van der Waals surface area contributed by atoms with E-state index < -0.39 is 22.5 Å². The van der Waals surface area contributed by atoms with E-state index in [0.29, 0.717) is 35.8 Å². The van der Waals surface area contributed by atoms with Crippen LogP contribution in [0.2, 0.25) is 0 Å². The molecule has 0 saturated heterocycles. The van der Waals surface area contributed by atoms with Crippen LogP contribution in [0.3, 0.4) is 0 Å². The summed E-state index contributed by atoms with van der Waals surface area (Å²) < 4.78 is 43.2. The van der Waals surface area contributed by atoms with Crippen LogP contribution in [0.15, 0.2) is 59.0 Å². The number of anilines is 1. The van der Waals surface area contributed by atoms with Gasteiger partial charge in [-0.2, -0.15) is 13.2 Å². The van der Waals surface area contributed by atoms with E-state index in [1.54, 1.807) is 6.92 Å². The highest BCUT2D eigenvalue weighted by molar-refractivity contribution is 8.00. The summed E-state index contributed by atoms with van der Waals surface area (Å²) in [5.41, 5.74) is 2.73. The fourth-order valence-corrected chi connectivity index (χ4v) is 4.14. The van der Waals surface area contributed by atoms with Gasteiger partial charge in [-0.1, -0.05) is 31.2 Å². The molecule has 0 bridgehead atoms. The Kier molecular flexibility index (Phi) is 7.47. The average Bonchev–Trinajstić information content (AvgIpc) is 3.16. The number of thioether (sulfide) groups is 1. The summed E-state index contributed by atoms with van der Waals surface area (Å²) in [5, 5.41) is 12.7. The smallest absolute Gasteiger partial charge is 0.416 e. The molecule has 0 amide bonds. The summed E-state index contributed by atoms with van der Waals surface area (Å²) in [7, 11) is 0. The van der Waals surface area contributed by atoms with E-state index >= 15 is 0 Å². The molecule has 3 rings (SSSR count). The first-order valence-corrected chi connectivity index (χ1v) is 11.5. The highest BCUT2D eigenvalue weighted by atomic mass is 32.2. The molecular formula is C25H26F3NO3S. The third-order valence-electron chi connectivity index (χ3n) is 5.64. The monoisotopic (exact) mass is 477 g/mol. The van der Waals surface area contributed by atoms with Crippen LogP contribution in [0.25, 0.3) is 11.3 Å². The second-order valence-electron chi connectivity index (χ2n) is 8.00. The number of alkyl halides is 3. The highest BCUT2D eigenvalue weighted by Gasteiger charge is 2.31. The fraction of sp³-hybridized carbons (Fsp3) is 0.320. The normalized spacial score (nSPS) is 13.5. The Hall–Kier alpha value is -2.87. The number of halogens is 3. The minimum atomic E-state index is -4.37. The molecule has 0 aliphatic heterocycles. The van der Waals surface area contributed by atoms with Gasteiger partial charge in [0.1, 0.15) is 16.3 Å². The summed E-state index contributed by atoms with van der Waals surface area (Å²) in [6.45, 7) is 5.92. The second kappa shape index (κ2) is 9.95. The molecule has 1 atom stereocenters. The van der Waals surface area contributed by atoms with Crippen LogP contribution < -0.4 is 5.32 Å². The molecule has 0 saturated carbocycles. The van der Waals surface area contributed by atoms with Crippen molar-refractivity contribution in [1.29, 1.82) is 0 Å². The maximum Gasteiger partial charge on any atom is 0.416 e. The first kappa shape index (κ1) is 24.8. The van der Waals surface area contributed by atoms with Gasteiger partial charge < -0.3 is 14.8 Å². The maximum absolute atomic E-state index is 12.8. The first-order chi connectivity index (χ1) is 15.5. The number of carboxylic acid groups (broad SMARTS) is 1. The Labute approximate surface area is 195 Å². The summed E-state index contributed by atoms with van der Waals surface area (Å²) in [6, 6.07) is 14.5. The molecule has 33 heavy (non-hydrogen) atoms. The molecule has 0 radical (unpaired) electrons. The van der Waals surface area contributed by atoms with Crippen molar-refractivity contribution in [3.63, 3.8) is 0 Å². The van der Waals surface area contributed by atoms with E-state index in [2.05, 4.69) is 5.32 Å². The summed E-state index contributed by atoms with van der Waals surface area (Å²) in [5.74, 6) is 1.01. The Morgan fingerprint density at radius 3 is 2.27 bits per heavy atom. The lowest BCUT2D eigenvalue weighted by atomic mass is 10.1. The topological polar surface area (TPSA) is 62.5 Å². The predicted molar refractivity (Wildman–Crippen MR) is 125 cm³/mol. The van der Waals surface area contributed by atoms with Crippen molar-refractivity contribution in [2.24, 2.45) is 0 Å². The van der Waals surface area contributed by atoms with Crippen molar-refractivity contribution in [2.45, 2.75) is 50.4 Å². The van der Waals surface area contributed by atoms with E-state index in [-0.39, 0.29) is 0 Å². The molecule has 1 unspecified atom stereocenters. The molecule has 8 heteroatoms. The van der Waals surface area contributed by atoms with Crippen molar-refractivity contribution in [3.8, 4) is 11.3 Å². The molecular weight excluding hydrogens is 451 g/mol. The largest absolute Gasteiger partial charge is 0.480 e. The van der Waals surface area contributed by atoms with Crippen molar-refractivity contribution in [3.05, 3.63) is 77.0 Å². The average molecular weight is 478 g/mol. The van der Waals surface area contributed by atoms with E-state index in [1.165, 1.54) is 23.9 Å². The molecule has 2 aromatic carbocycles. The summed E-state index contributed by atoms with van der Waals surface area (Å²) in [6.07, 6.45) is -3.82. The second-order valence-corrected chi connectivity index (χ2v) is 9.47. The van der Waals surface area contributed by atoms with Crippen LogP contribution in [-0.4, -0.2) is 15.8 Å². The van der Waals surface area contributed by atoms with Crippen molar-refractivity contribution < 1.29 is 27.5 Å². The molecule has 0 aliphatic rings. The Morgan fingerprint density at radius 2 is 1.73 bits per heavy atom. The van der Waals surface area contributed by atoms with Crippen molar-refractivity contribution in [2.75, 3.05) is 5.32 Å². The summed E-state index contributed by atoms with van der Waals surface area (Å²) >= 11 is 1.41. The minimum Gasteiger partial charge on any atom is -0.480 e. The number of furan rings is 1. The number of hydrogen-bond acceptors (Lipinski definition) is 4. The van der Waals surface area contributed by atoms with E-state index in [1.807, 2.05) is 44.2 Å². The van der Waals surface area contributed by atoms with Crippen molar-refractivity contribution in [1.82, 2.24) is 0 Å². The third kappa shape index (κ3) is 6.13. The zero-order valence-electron chi connectivity index (χ0n) is 18.6. The molecule has 1 heterocycles. The maximum atomic E-state index is 12.8. The molecule has 0 fully saturated rings. The third-order valence-corrected chi connectivity index (χ3v) is 7.22. The number of carboxylic acids is 1. The number of carbonyl (C=O) groups is 1. The first-order valence-electron chi connectivity index (χ1n) is 10.5. The van der Waals surface area contributed by atoms with Crippen LogP contribution in [0.1, 0.15) is 42.7 Å². The lowest BCUT2D eigenvalue weighted by Gasteiger charge is -2.22. The van der Waals surface area contributed by atoms with Crippen LogP contribution in [0.4, 0.5) is 18.9 Å². The number of hydrogen-bond donors (Lipinski definition) is 2. The molecule has 4 nitrogen and oxygen atoms in total. The van der Waals surface area contributed by atoms with Crippen LogP contribution in [0, 0.1) is 6.92 Å². The van der Waals surface area contributed by atoms with Gasteiger partial charge in [0.15, 0.2) is 0 Å². The zero-order valence-corrected chi connectivity index (χ0v) is 19.4. The summed E-state index contributed by atoms with van der Waals surface area (Å²) in [4.78, 5) is 11.4. The van der Waals surface area contributed by atoms with Gasteiger partial charge in [0.05, 0.1) is 5.56 Å². The Morgan fingerprint density at radius 1 is 1.09 bits per heavy atom. The molecule has 1 aromatic heterocycles. The van der Waals surface area contributed by atoms with Gasteiger partial charge in [-0.15, -0.1) is 11.8 Å². The SMILES string of the molecule is CCC(C)(SCc1ccc(NCc2cc(-c3ccc(C(F)(F)F)cc3)oc2C)cc1)C(=O)O. The van der Waals surface area contributed by atoms with Crippen LogP contribution >= 0.6 is 11.8 Å². The standard InChI is InChI=1S/C25H26F3NO3S/c1-4-24(3,23(30)31)33-15-17-5-11-21(12-6-17)29-14-19-13-22(32-16(19)2)18-7-9-20(10-8-18)25(26,27)28/h5-13,29H,4,14-15H2,1-3H3,(H,30,31). The fourth-order valence-electron chi connectivity index (χ4n) is 3.13. The quantitative estimate of drug-likeness (QED) is 0.337. The number of rotatable bonds is 9. The van der Waals surface area contributed by atoms with Gasteiger partial charge >= 0.3 is 12.1 Å². The number of aryl methyl sites for hydroxylation is 1. The minimum absolute atomic E-state index is 0.497. The molecule has 176 valence electrons. The van der Waals surface area contributed by atoms with Gasteiger partial charge in [0, 0.05) is 29.1 Å². The predicted octanol–water partition coefficient (Wildman–Crippen LogP) is 7.37. The van der Waals surface area contributed by atoms with Gasteiger partial charge in [0.25, 0.3) is 0 Å². The van der Waals surface area contributed by atoms with E-state index in [0.717, 1.165) is 28.9 Å². The van der Waals surface area contributed by atoms with E-state index in [9.17, 15) is 23.1 Å². The van der Waals surface area contributed by atoms with Crippen LogP contribution in [0.5, 0.6) is 0 Å². The van der Waals surface area contributed by atoms with Gasteiger partial charge in [-0.05, 0) is 56.2 Å². The molecule has 2 N–H and O–H groups in total. The van der Waals surface area contributed by atoms with Crippen molar-refractivity contribution >= 4 is 23.4 Å². The number of nitrogens with one attached hydrogen (secondary N) is 1. The zero-order chi connectivity index (χ0) is 24.2. The number of benzene rings is 2. The van der Waals surface area contributed by atoms with Gasteiger partial charge in [0.2, 0.25) is 0 Å². The Bertz CT molecular complexity index is 1090. The number of aliphatic carboxylic acids is 1. The van der Waals surface area contributed by atoms with Crippen LogP contribution in [-0.2, 0) is 23.3 Å². The molecule has 3 aromatic rings. The molecule has 0 spiro atoms. The highest BCUT2D eigenvalue weighted by Crippen LogP contribution is 2.33. The Balaban J connectivity index is 1.60.